The number of nitrogens with two attached hydrogens (primary N) is 1. The van der Waals surface area contributed by atoms with Crippen LogP contribution in [0.15, 0.2) is 85.1 Å². The Labute approximate surface area is 208 Å². The van der Waals surface area contributed by atoms with E-state index in [9.17, 15) is 4.79 Å². The number of aryl methyl sites for hydroxylation is 1. The fourth-order valence-electron chi connectivity index (χ4n) is 4.25. The van der Waals surface area contributed by atoms with E-state index < -0.39 is 0 Å². The van der Waals surface area contributed by atoms with Crippen molar-refractivity contribution < 1.29 is 9.53 Å². The molecule has 0 aliphatic carbocycles. The van der Waals surface area contributed by atoms with Crippen molar-refractivity contribution in [3.05, 3.63) is 101 Å². The number of carbonyl (C=O) groups is 1. The van der Waals surface area contributed by atoms with Crippen molar-refractivity contribution in [3.63, 3.8) is 0 Å². The lowest BCUT2D eigenvalue weighted by atomic mass is 10.0. The van der Waals surface area contributed by atoms with Crippen molar-refractivity contribution in [1.29, 1.82) is 0 Å². The van der Waals surface area contributed by atoms with Gasteiger partial charge in [-0.1, -0.05) is 49.2 Å². The van der Waals surface area contributed by atoms with Crippen LogP contribution >= 0.6 is 11.6 Å². The molecule has 6 heteroatoms. The Bertz CT molecular complexity index is 1570. The summed E-state index contributed by atoms with van der Waals surface area (Å²) in [6.07, 6.45) is 3.57. The third kappa shape index (κ3) is 4.51. The zero-order valence-electron chi connectivity index (χ0n) is 19.2. The monoisotopic (exact) mass is 481 g/mol. The van der Waals surface area contributed by atoms with Crippen molar-refractivity contribution in [3.8, 4) is 11.5 Å². The first-order valence-corrected chi connectivity index (χ1v) is 11.9. The summed E-state index contributed by atoms with van der Waals surface area (Å²) in [6, 6.07) is 24.2. The molecular weight excluding hydrogens is 458 g/mol. The number of nitrogens with one attached hydrogen (secondary N) is 1. The Morgan fingerprint density at radius 3 is 2.66 bits per heavy atom. The third-order valence-corrected chi connectivity index (χ3v) is 6.31. The maximum atomic E-state index is 13.0. The van der Waals surface area contributed by atoms with Crippen LogP contribution in [0.25, 0.3) is 21.7 Å². The van der Waals surface area contributed by atoms with E-state index in [0.717, 1.165) is 45.1 Å². The molecule has 174 valence electrons. The van der Waals surface area contributed by atoms with Crippen LogP contribution in [0.1, 0.15) is 29.3 Å². The van der Waals surface area contributed by atoms with E-state index in [2.05, 4.69) is 17.2 Å². The largest absolute Gasteiger partial charge is 0.457 e. The summed E-state index contributed by atoms with van der Waals surface area (Å²) in [6.45, 7) is 2.12. The van der Waals surface area contributed by atoms with Crippen molar-refractivity contribution in [2.75, 3.05) is 11.1 Å². The van der Waals surface area contributed by atoms with Gasteiger partial charge in [-0.05, 0) is 77.4 Å². The average Bonchev–Trinajstić information content (AvgIpc) is 2.87. The second-order valence-corrected chi connectivity index (χ2v) is 8.72. The average molecular weight is 482 g/mol. The van der Waals surface area contributed by atoms with Gasteiger partial charge in [0, 0.05) is 22.2 Å². The molecule has 0 spiro atoms. The second kappa shape index (κ2) is 9.65. The molecule has 0 radical (unpaired) electrons. The number of anilines is 2. The van der Waals surface area contributed by atoms with Crippen LogP contribution in [0.4, 0.5) is 11.4 Å². The zero-order valence-corrected chi connectivity index (χ0v) is 20.0. The minimum absolute atomic E-state index is 0.220. The number of benzene rings is 4. The second-order valence-electron chi connectivity index (χ2n) is 8.31. The number of hydrogen-bond donors (Lipinski definition) is 2. The highest BCUT2D eigenvalue weighted by Crippen LogP contribution is 2.35. The molecule has 1 amide bonds. The normalized spacial score (nSPS) is 11.0. The third-order valence-electron chi connectivity index (χ3n) is 5.95. The highest BCUT2D eigenvalue weighted by molar-refractivity contribution is 6.32. The Morgan fingerprint density at radius 1 is 1.00 bits per heavy atom. The summed E-state index contributed by atoms with van der Waals surface area (Å²) >= 11 is 6.44. The molecule has 35 heavy (non-hydrogen) atoms. The van der Waals surface area contributed by atoms with Crippen LogP contribution in [0, 0.1) is 0 Å². The maximum Gasteiger partial charge on any atom is 0.256 e. The van der Waals surface area contributed by atoms with Crippen LogP contribution in [-0.4, -0.2) is 10.9 Å². The predicted molar refractivity (Wildman–Crippen MR) is 144 cm³/mol. The fraction of sp³-hybridized carbons (Fsp3) is 0.103. The van der Waals surface area contributed by atoms with E-state index in [4.69, 9.17) is 22.1 Å². The van der Waals surface area contributed by atoms with E-state index in [0.29, 0.717) is 28.4 Å². The van der Waals surface area contributed by atoms with Crippen LogP contribution in [0.5, 0.6) is 11.5 Å². The van der Waals surface area contributed by atoms with Crippen molar-refractivity contribution in [2.24, 2.45) is 0 Å². The molecule has 4 aromatic carbocycles. The van der Waals surface area contributed by atoms with Gasteiger partial charge in [0.25, 0.3) is 5.91 Å². The summed E-state index contributed by atoms with van der Waals surface area (Å²) in [5.41, 5.74) is 9.54. The molecular formula is C29H24ClN3O2. The number of carbonyl (C=O) groups excluding carboxylic acids is 1. The zero-order chi connectivity index (χ0) is 24.4. The molecule has 5 nitrogen and oxygen atoms in total. The molecule has 5 aromatic rings. The van der Waals surface area contributed by atoms with E-state index in [-0.39, 0.29) is 5.91 Å². The minimum Gasteiger partial charge on any atom is -0.457 e. The molecule has 0 saturated carbocycles. The lowest BCUT2D eigenvalue weighted by Gasteiger charge is -2.13. The van der Waals surface area contributed by atoms with Gasteiger partial charge in [0.05, 0.1) is 16.9 Å². The summed E-state index contributed by atoms with van der Waals surface area (Å²) in [4.78, 5) is 17.6. The smallest absolute Gasteiger partial charge is 0.256 e. The van der Waals surface area contributed by atoms with Crippen molar-refractivity contribution in [1.82, 2.24) is 4.98 Å². The number of rotatable bonds is 6. The van der Waals surface area contributed by atoms with Gasteiger partial charge in [0.2, 0.25) is 0 Å². The summed E-state index contributed by atoms with van der Waals surface area (Å²) < 4.78 is 6.28. The number of amides is 1. The number of nitrogens with zero attached hydrogens (tertiary/aromatic N) is 1. The molecule has 0 saturated heterocycles. The SMILES string of the molecule is CCCc1c(Cl)ccc2c(Oc3ccc4c(C(=O)Nc5ccccc5N)cccc4c3)ccnc12. The number of aromatic nitrogens is 1. The fourth-order valence-corrected chi connectivity index (χ4v) is 4.50. The summed E-state index contributed by atoms with van der Waals surface area (Å²) in [5, 5.41) is 6.25. The van der Waals surface area contributed by atoms with Crippen LogP contribution in [-0.2, 0) is 6.42 Å². The quantitative estimate of drug-likeness (QED) is 0.244. The van der Waals surface area contributed by atoms with Crippen molar-refractivity contribution >= 4 is 50.6 Å². The van der Waals surface area contributed by atoms with E-state index in [1.165, 1.54) is 0 Å². The Kier molecular flexibility index (Phi) is 6.25. The number of halogens is 1. The minimum atomic E-state index is -0.220. The Hall–Kier alpha value is -4.09. The van der Waals surface area contributed by atoms with Gasteiger partial charge in [0.15, 0.2) is 0 Å². The standard InChI is InChI=1S/C29H24ClN3O2/c1-2-6-22-24(30)14-13-23-27(15-16-32-28(22)23)35-19-11-12-20-18(17-19)7-5-8-21(20)29(34)33-26-10-4-3-9-25(26)31/h3-5,7-17H,2,6,31H2,1H3,(H,33,34). The molecule has 5 rings (SSSR count). The predicted octanol–water partition coefficient (Wildman–Crippen LogP) is 7.62. The van der Waals surface area contributed by atoms with Gasteiger partial charge in [-0.2, -0.15) is 0 Å². The first kappa shape index (κ1) is 22.7. The Morgan fingerprint density at radius 2 is 1.83 bits per heavy atom. The van der Waals surface area contributed by atoms with E-state index >= 15 is 0 Å². The molecule has 1 aromatic heterocycles. The molecule has 0 unspecified atom stereocenters. The number of hydrogen-bond acceptors (Lipinski definition) is 4. The molecule has 0 bridgehead atoms. The number of fused-ring (bicyclic) bond motifs is 2. The molecule has 0 aliphatic rings. The summed E-state index contributed by atoms with van der Waals surface area (Å²) in [7, 11) is 0. The van der Waals surface area contributed by atoms with Gasteiger partial charge >= 0.3 is 0 Å². The van der Waals surface area contributed by atoms with Gasteiger partial charge in [-0.15, -0.1) is 0 Å². The maximum absolute atomic E-state index is 13.0. The molecule has 0 aliphatic heterocycles. The number of para-hydroxylation sites is 2. The van der Waals surface area contributed by atoms with E-state index in [1.54, 1.807) is 24.4 Å². The molecule has 3 N–H and O–H groups in total. The highest BCUT2D eigenvalue weighted by Gasteiger charge is 2.14. The summed E-state index contributed by atoms with van der Waals surface area (Å²) in [5.74, 6) is 1.15. The van der Waals surface area contributed by atoms with Gasteiger partial charge < -0.3 is 15.8 Å². The topological polar surface area (TPSA) is 77.2 Å². The Balaban J connectivity index is 1.47. The number of pyridine rings is 1. The number of ether oxygens (including phenoxy) is 1. The highest BCUT2D eigenvalue weighted by atomic mass is 35.5. The van der Waals surface area contributed by atoms with Crippen molar-refractivity contribution in [2.45, 2.75) is 19.8 Å². The van der Waals surface area contributed by atoms with Crippen LogP contribution < -0.4 is 15.8 Å². The van der Waals surface area contributed by atoms with Gasteiger partial charge in [-0.25, -0.2) is 0 Å². The van der Waals surface area contributed by atoms with Gasteiger partial charge in [0.1, 0.15) is 11.5 Å². The van der Waals surface area contributed by atoms with E-state index in [1.807, 2.05) is 60.7 Å². The van der Waals surface area contributed by atoms with Crippen LogP contribution in [0.3, 0.4) is 0 Å². The molecule has 0 fully saturated rings. The number of nitrogen functional groups attached to an aromatic ring is 1. The lowest BCUT2D eigenvalue weighted by molar-refractivity contribution is 0.102. The van der Waals surface area contributed by atoms with Gasteiger partial charge in [-0.3, -0.25) is 9.78 Å². The first-order chi connectivity index (χ1) is 17.0. The van der Waals surface area contributed by atoms with Crippen LogP contribution in [0.2, 0.25) is 5.02 Å². The molecule has 0 atom stereocenters. The molecule has 1 heterocycles. The first-order valence-electron chi connectivity index (χ1n) is 11.5. The lowest BCUT2D eigenvalue weighted by Crippen LogP contribution is -2.13.